The number of aryl methyl sites for hydroxylation is 3. The summed E-state index contributed by atoms with van der Waals surface area (Å²) in [6.45, 7) is 2.87. The molecule has 1 aromatic carbocycles. The Kier molecular flexibility index (Phi) is 4.32. The van der Waals surface area contributed by atoms with Crippen LogP contribution in [-0.4, -0.2) is 15.8 Å². The number of rotatable bonds is 4. The first kappa shape index (κ1) is 14.6. The Labute approximate surface area is 131 Å². The number of hydrogen-bond acceptors (Lipinski definition) is 2. The second kappa shape index (κ2) is 6.20. The quantitative estimate of drug-likeness (QED) is 0.939. The van der Waals surface area contributed by atoms with Crippen LogP contribution < -0.4 is 5.32 Å². The van der Waals surface area contributed by atoms with Gasteiger partial charge in [-0.05, 0) is 36.8 Å². The summed E-state index contributed by atoms with van der Waals surface area (Å²) in [7, 11) is 1.97. The molecule has 1 unspecified atom stereocenters. The van der Waals surface area contributed by atoms with Gasteiger partial charge in [0.25, 0.3) is 0 Å². The minimum absolute atomic E-state index is 0.524. The van der Waals surface area contributed by atoms with Gasteiger partial charge in [0.2, 0.25) is 0 Å². The number of nitrogens with zero attached hydrogens (tertiary/aromatic N) is 2. The first-order valence-corrected chi connectivity index (χ1v) is 8.07. The first-order chi connectivity index (χ1) is 10.2. The summed E-state index contributed by atoms with van der Waals surface area (Å²) in [5, 5.41) is 8.95. The topological polar surface area (TPSA) is 29.9 Å². The molecule has 0 bridgehead atoms. The second-order valence-electron chi connectivity index (χ2n) is 5.77. The molecule has 0 saturated heterocycles. The van der Waals surface area contributed by atoms with Crippen molar-refractivity contribution in [1.29, 1.82) is 0 Å². The van der Waals surface area contributed by atoms with Gasteiger partial charge in [-0.2, -0.15) is 5.10 Å². The maximum Gasteiger partial charge on any atom is 0.0863 e. The monoisotopic (exact) mass is 303 g/mol. The Hall–Kier alpha value is -1.32. The number of halogens is 1. The van der Waals surface area contributed by atoms with Crippen LogP contribution in [0.4, 0.5) is 0 Å². The highest BCUT2D eigenvalue weighted by atomic mass is 35.5. The third-order valence-corrected chi connectivity index (χ3v) is 4.84. The largest absolute Gasteiger partial charge is 0.308 e. The third-order valence-electron chi connectivity index (χ3n) is 4.41. The zero-order valence-electron chi connectivity index (χ0n) is 12.7. The van der Waals surface area contributed by atoms with Gasteiger partial charge in [-0.3, -0.25) is 4.68 Å². The van der Waals surface area contributed by atoms with Crippen molar-refractivity contribution in [2.24, 2.45) is 7.05 Å². The Morgan fingerprint density at radius 1 is 1.33 bits per heavy atom. The van der Waals surface area contributed by atoms with Gasteiger partial charge in [0.1, 0.15) is 0 Å². The molecule has 0 spiro atoms. The molecule has 2 aromatic rings. The molecule has 1 aliphatic rings. The zero-order chi connectivity index (χ0) is 14.8. The predicted octanol–water partition coefficient (Wildman–Crippen LogP) is 3.28. The van der Waals surface area contributed by atoms with Gasteiger partial charge in [-0.15, -0.1) is 0 Å². The van der Waals surface area contributed by atoms with Crippen molar-refractivity contribution in [2.45, 2.75) is 45.2 Å². The lowest BCUT2D eigenvalue weighted by Crippen LogP contribution is -2.34. The molecule has 3 rings (SSSR count). The average molecular weight is 304 g/mol. The van der Waals surface area contributed by atoms with Crippen LogP contribution >= 0.6 is 11.6 Å². The van der Waals surface area contributed by atoms with Crippen molar-refractivity contribution in [3.63, 3.8) is 0 Å². The number of fused-ring (bicyclic) bond motifs is 1. The highest BCUT2D eigenvalue weighted by molar-refractivity contribution is 6.31. The Balaban J connectivity index is 1.66. The van der Waals surface area contributed by atoms with Crippen molar-refractivity contribution in [1.82, 2.24) is 15.1 Å². The van der Waals surface area contributed by atoms with Gasteiger partial charge in [0.05, 0.1) is 16.4 Å². The van der Waals surface area contributed by atoms with E-state index in [4.69, 9.17) is 11.6 Å². The zero-order valence-corrected chi connectivity index (χ0v) is 13.5. The summed E-state index contributed by atoms with van der Waals surface area (Å²) >= 11 is 6.41. The molecule has 0 aliphatic heterocycles. The van der Waals surface area contributed by atoms with Crippen LogP contribution in [0.15, 0.2) is 24.3 Å². The smallest absolute Gasteiger partial charge is 0.0863 e. The fraction of sp³-hybridized carbons (Fsp3) is 0.471. The summed E-state index contributed by atoms with van der Waals surface area (Å²) in [5.41, 5.74) is 5.06. The standard InChI is InChI=1S/C17H22ClN3/c1-3-15-17(18)16(21(2)20-15)11-19-14-9-8-12-6-4-5-7-13(12)10-14/h4-7,14,19H,3,8-11H2,1-2H3. The summed E-state index contributed by atoms with van der Waals surface area (Å²) in [4.78, 5) is 0. The van der Waals surface area contributed by atoms with E-state index < -0.39 is 0 Å². The molecule has 21 heavy (non-hydrogen) atoms. The van der Waals surface area contributed by atoms with E-state index in [9.17, 15) is 0 Å². The molecule has 1 aliphatic carbocycles. The molecule has 1 heterocycles. The van der Waals surface area contributed by atoms with E-state index in [0.717, 1.165) is 42.2 Å². The Morgan fingerprint density at radius 3 is 2.81 bits per heavy atom. The second-order valence-corrected chi connectivity index (χ2v) is 6.15. The molecule has 0 amide bonds. The van der Waals surface area contributed by atoms with Crippen LogP contribution in [0.5, 0.6) is 0 Å². The summed E-state index contributed by atoms with van der Waals surface area (Å²) in [5.74, 6) is 0. The fourth-order valence-electron chi connectivity index (χ4n) is 3.12. The summed E-state index contributed by atoms with van der Waals surface area (Å²) in [6, 6.07) is 9.28. The van der Waals surface area contributed by atoms with E-state index in [1.54, 1.807) is 0 Å². The van der Waals surface area contributed by atoms with E-state index in [1.165, 1.54) is 17.5 Å². The van der Waals surface area contributed by atoms with Crippen molar-refractivity contribution >= 4 is 11.6 Å². The van der Waals surface area contributed by atoms with Crippen LogP contribution in [0, 0.1) is 0 Å². The lowest BCUT2D eigenvalue weighted by molar-refractivity contribution is 0.449. The molecule has 0 radical (unpaired) electrons. The number of aromatic nitrogens is 2. The lowest BCUT2D eigenvalue weighted by Gasteiger charge is -2.25. The third kappa shape index (κ3) is 2.99. The number of hydrogen-bond donors (Lipinski definition) is 1. The van der Waals surface area contributed by atoms with Crippen LogP contribution in [0.3, 0.4) is 0 Å². The highest BCUT2D eigenvalue weighted by Crippen LogP contribution is 2.23. The van der Waals surface area contributed by atoms with Crippen molar-refractivity contribution < 1.29 is 0 Å². The van der Waals surface area contributed by atoms with Crippen LogP contribution in [0.25, 0.3) is 0 Å². The molecule has 4 heteroatoms. The summed E-state index contributed by atoms with van der Waals surface area (Å²) in [6.07, 6.45) is 4.33. The number of benzene rings is 1. The van der Waals surface area contributed by atoms with Gasteiger partial charge in [-0.1, -0.05) is 42.8 Å². The van der Waals surface area contributed by atoms with Gasteiger partial charge in [0, 0.05) is 19.6 Å². The molecule has 3 nitrogen and oxygen atoms in total. The molecular weight excluding hydrogens is 282 g/mol. The molecule has 0 saturated carbocycles. The molecule has 1 atom stereocenters. The van der Waals surface area contributed by atoms with Crippen molar-refractivity contribution in [2.75, 3.05) is 0 Å². The molecule has 1 aromatic heterocycles. The van der Waals surface area contributed by atoms with Crippen LogP contribution in [-0.2, 0) is 32.9 Å². The van der Waals surface area contributed by atoms with E-state index in [0.29, 0.717) is 6.04 Å². The molecule has 0 fully saturated rings. The van der Waals surface area contributed by atoms with Crippen LogP contribution in [0.2, 0.25) is 5.02 Å². The van der Waals surface area contributed by atoms with E-state index in [-0.39, 0.29) is 0 Å². The summed E-state index contributed by atoms with van der Waals surface area (Å²) < 4.78 is 1.91. The first-order valence-electron chi connectivity index (χ1n) is 7.69. The normalized spacial score (nSPS) is 17.8. The minimum Gasteiger partial charge on any atom is -0.308 e. The van der Waals surface area contributed by atoms with Crippen LogP contribution in [0.1, 0.15) is 35.9 Å². The maximum absolute atomic E-state index is 6.41. The van der Waals surface area contributed by atoms with Gasteiger partial charge in [0.15, 0.2) is 0 Å². The fourth-order valence-corrected chi connectivity index (χ4v) is 3.49. The van der Waals surface area contributed by atoms with Gasteiger partial charge < -0.3 is 5.32 Å². The highest BCUT2D eigenvalue weighted by Gasteiger charge is 2.19. The predicted molar refractivity (Wildman–Crippen MR) is 86.7 cm³/mol. The molecule has 1 N–H and O–H groups in total. The van der Waals surface area contributed by atoms with E-state index in [1.807, 2.05) is 11.7 Å². The van der Waals surface area contributed by atoms with Crippen molar-refractivity contribution in [3.05, 3.63) is 51.8 Å². The maximum atomic E-state index is 6.41. The Morgan fingerprint density at radius 2 is 2.10 bits per heavy atom. The van der Waals surface area contributed by atoms with E-state index >= 15 is 0 Å². The molecular formula is C17H22ClN3. The average Bonchev–Trinajstić information content (AvgIpc) is 2.79. The van der Waals surface area contributed by atoms with Gasteiger partial charge in [-0.25, -0.2) is 0 Å². The van der Waals surface area contributed by atoms with Crippen molar-refractivity contribution in [3.8, 4) is 0 Å². The molecule has 112 valence electrons. The SMILES string of the molecule is CCc1nn(C)c(CNC2CCc3ccccc3C2)c1Cl. The lowest BCUT2D eigenvalue weighted by atomic mass is 9.88. The van der Waals surface area contributed by atoms with Gasteiger partial charge >= 0.3 is 0 Å². The van der Waals surface area contributed by atoms with E-state index in [2.05, 4.69) is 41.6 Å². The minimum atomic E-state index is 0.524. The Bertz CT molecular complexity index is 633. The number of nitrogens with one attached hydrogen (secondary N) is 1.